The number of carbonyl (C=O) groups is 2. The van der Waals surface area contributed by atoms with Gasteiger partial charge in [-0.3, -0.25) is 9.59 Å². The second-order valence-corrected chi connectivity index (χ2v) is 4.95. The van der Waals surface area contributed by atoms with E-state index in [4.69, 9.17) is 14.6 Å². The van der Waals surface area contributed by atoms with Gasteiger partial charge in [0.15, 0.2) is 0 Å². The van der Waals surface area contributed by atoms with Crippen LogP contribution in [0.2, 0.25) is 0 Å². The summed E-state index contributed by atoms with van der Waals surface area (Å²) in [5.74, 6) is -0.306. The summed E-state index contributed by atoms with van der Waals surface area (Å²) >= 11 is 0. The van der Waals surface area contributed by atoms with Crippen molar-refractivity contribution in [3.05, 3.63) is 0 Å². The van der Waals surface area contributed by atoms with E-state index < -0.39 is 0 Å². The molecule has 0 bridgehead atoms. The van der Waals surface area contributed by atoms with E-state index in [9.17, 15) is 9.59 Å². The predicted molar refractivity (Wildman–Crippen MR) is 76.6 cm³/mol. The number of hydrogen-bond donors (Lipinski definition) is 1. The molecule has 0 radical (unpaired) electrons. The average Bonchev–Trinajstić information content (AvgIpc) is 2.42. The van der Waals surface area contributed by atoms with Crippen LogP contribution in [0.15, 0.2) is 0 Å². The van der Waals surface area contributed by atoms with Crippen molar-refractivity contribution in [2.24, 2.45) is 11.8 Å². The summed E-state index contributed by atoms with van der Waals surface area (Å²) in [5.41, 5.74) is 0. The largest absolute Gasteiger partial charge is 0.396 e. The number of rotatable bonds is 13. The summed E-state index contributed by atoms with van der Waals surface area (Å²) < 4.78 is 10.6. The Bertz CT molecular complexity index is 277. The number of ketones is 2. The highest BCUT2D eigenvalue weighted by Gasteiger charge is 2.20. The van der Waals surface area contributed by atoms with Crippen LogP contribution in [0.4, 0.5) is 0 Å². The first-order chi connectivity index (χ1) is 9.60. The van der Waals surface area contributed by atoms with Crippen LogP contribution in [0.5, 0.6) is 0 Å². The molecule has 0 aliphatic carbocycles. The van der Waals surface area contributed by atoms with Gasteiger partial charge in [-0.05, 0) is 12.8 Å². The molecular weight excluding hydrogens is 260 g/mol. The monoisotopic (exact) mass is 288 g/mol. The van der Waals surface area contributed by atoms with Gasteiger partial charge in [0.1, 0.15) is 11.6 Å². The van der Waals surface area contributed by atoms with Gasteiger partial charge in [0.05, 0.1) is 25.7 Å². The van der Waals surface area contributed by atoms with Crippen molar-refractivity contribution < 1.29 is 24.2 Å². The zero-order valence-electron chi connectivity index (χ0n) is 12.9. The summed E-state index contributed by atoms with van der Waals surface area (Å²) in [6.07, 6.45) is 2.18. The topological polar surface area (TPSA) is 72.8 Å². The number of Topliss-reactive ketones (excluding diaryl/α,β-unsaturated/α-hetero) is 2. The van der Waals surface area contributed by atoms with Crippen LogP contribution in [-0.2, 0) is 19.1 Å². The smallest absolute Gasteiger partial charge is 0.140 e. The molecule has 0 heterocycles. The Labute approximate surface area is 121 Å². The number of methoxy groups -OCH3 is 1. The SMILES string of the molecule is CCCC(=O)C(COC)COCC(CC)C(=O)CCO. The van der Waals surface area contributed by atoms with Crippen LogP contribution in [0, 0.1) is 11.8 Å². The number of ether oxygens (including phenoxy) is 2. The normalized spacial score (nSPS) is 14.0. The summed E-state index contributed by atoms with van der Waals surface area (Å²) in [5, 5.41) is 8.77. The van der Waals surface area contributed by atoms with Crippen molar-refractivity contribution in [3.8, 4) is 0 Å². The van der Waals surface area contributed by atoms with Crippen LogP contribution in [0.3, 0.4) is 0 Å². The Morgan fingerprint density at radius 3 is 2.10 bits per heavy atom. The lowest BCUT2D eigenvalue weighted by Crippen LogP contribution is -2.27. The third-order valence-electron chi connectivity index (χ3n) is 3.26. The van der Waals surface area contributed by atoms with E-state index in [0.29, 0.717) is 26.1 Å². The van der Waals surface area contributed by atoms with E-state index in [1.54, 1.807) is 7.11 Å². The fraction of sp³-hybridized carbons (Fsp3) is 0.867. The zero-order valence-corrected chi connectivity index (χ0v) is 12.9. The third-order valence-corrected chi connectivity index (χ3v) is 3.26. The maximum Gasteiger partial charge on any atom is 0.140 e. The van der Waals surface area contributed by atoms with Gasteiger partial charge in [0.2, 0.25) is 0 Å². The lowest BCUT2D eigenvalue weighted by Gasteiger charge is -2.18. The molecule has 0 fully saturated rings. The van der Waals surface area contributed by atoms with E-state index in [0.717, 1.165) is 6.42 Å². The standard InChI is InChI=1S/C15H28O5/c1-4-6-14(17)13(9-19-3)11-20-10-12(5-2)15(18)7-8-16/h12-13,16H,4-11H2,1-3H3. The van der Waals surface area contributed by atoms with Crippen LogP contribution in [0.25, 0.3) is 0 Å². The molecule has 5 heteroatoms. The molecule has 0 saturated carbocycles. The van der Waals surface area contributed by atoms with Crippen molar-refractivity contribution in [2.75, 3.05) is 33.5 Å². The summed E-state index contributed by atoms with van der Waals surface area (Å²) in [4.78, 5) is 23.5. The molecule has 0 aliphatic heterocycles. The Kier molecular flexibility index (Phi) is 11.5. The first kappa shape index (κ1) is 19.2. The fourth-order valence-corrected chi connectivity index (χ4v) is 1.99. The summed E-state index contributed by atoms with van der Waals surface area (Å²) in [7, 11) is 1.56. The lowest BCUT2D eigenvalue weighted by molar-refractivity contribution is -0.128. The molecule has 2 atom stereocenters. The van der Waals surface area contributed by atoms with E-state index in [1.807, 2.05) is 13.8 Å². The Morgan fingerprint density at radius 2 is 1.60 bits per heavy atom. The van der Waals surface area contributed by atoms with Crippen LogP contribution in [0.1, 0.15) is 39.5 Å². The molecule has 0 amide bonds. The minimum absolute atomic E-state index is 0.0122. The molecule has 0 spiro atoms. The highest BCUT2D eigenvalue weighted by molar-refractivity contribution is 5.81. The van der Waals surface area contributed by atoms with Gasteiger partial charge in [0, 0.05) is 32.5 Å². The Hall–Kier alpha value is -0.780. The molecule has 118 valence electrons. The van der Waals surface area contributed by atoms with Crippen molar-refractivity contribution >= 4 is 11.6 Å². The molecule has 0 rings (SSSR count). The quantitative estimate of drug-likeness (QED) is 0.557. The van der Waals surface area contributed by atoms with Gasteiger partial charge in [-0.25, -0.2) is 0 Å². The minimum atomic E-state index is -0.259. The Morgan fingerprint density at radius 1 is 1.00 bits per heavy atom. The highest BCUT2D eigenvalue weighted by Crippen LogP contribution is 2.10. The number of hydrogen-bond acceptors (Lipinski definition) is 5. The maximum atomic E-state index is 11.9. The van der Waals surface area contributed by atoms with Crippen LogP contribution < -0.4 is 0 Å². The van der Waals surface area contributed by atoms with E-state index in [2.05, 4.69) is 0 Å². The molecule has 0 saturated heterocycles. The van der Waals surface area contributed by atoms with E-state index in [1.165, 1.54) is 0 Å². The molecule has 2 unspecified atom stereocenters. The third kappa shape index (κ3) is 7.72. The molecule has 5 nitrogen and oxygen atoms in total. The van der Waals surface area contributed by atoms with Gasteiger partial charge in [-0.2, -0.15) is 0 Å². The van der Waals surface area contributed by atoms with Gasteiger partial charge < -0.3 is 14.6 Å². The minimum Gasteiger partial charge on any atom is -0.396 e. The van der Waals surface area contributed by atoms with Gasteiger partial charge >= 0.3 is 0 Å². The fourth-order valence-electron chi connectivity index (χ4n) is 1.99. The summed E-state index contributed by atoms with van der Waals surface area (Å²) in [6, 6.07) is 0. The average molecular weight is 288 g/mol. The first-order valence-corrected chi connectivity index (χ1v) is 7.33. The first-order valence-electron chi connectivity index (χ1n) is 7.33. The number of aliphatic hydroxyl groups is 1. The van der Waals surface area contributed by atoms with Crippen molar-refractivity contribution in [3.63, 3.8) is 0 Å². The molecule has 0 aromatic carbocycles. The highest BCUT2D eigenvalue weighted by atomic mass is 16.5. The molecule has 0 aromatic rings. The molecule has 0 aromatic heterocycles. The van der Waals surface area contributed by atoms with Gasteiger partial charge in [-0.1, -0.05) is 13.8 Å². The number of aliphatic hydroxyl groups excluding tert-OH is 1. The van der Waals surface area contributed by atoms with Crippen molar-refractivity contribution in [1.29, 1.82) is 0 Å². The maximum absolute atomic E-state index is 11.9. The number of carbonyl (C=O) groups excluding carboxylic acids is 2. The molecular formula is C15H28O5. The van der Waals surface area contributed by atoms with E-state index in [-0.39, 0.29) is 43.0 Å². The zero-order chi connectivity index (χ0) is 15.4. The van der Waals surface area contributed by atoms with Crippen molar-refractivity contribution in [1.82, 2.24) is 0 Å². The summed E-state index contributed by atoms with van der Waals surface area (Å²) in [6.45, 7) is 4.68. The molecule has 0 aliphatic rings. The van der Waals surface area contributed by atoms with Crippen LogP contribution in [-0.4, -0.2) is 50.2 Å². The van der Waals surface area contributed by atoms with Crippen molar-refractivity contribution in [2.45, 2.75) is 39.5 Å². The second kappa shape index (κ2) is 12.0. The Balaban J connectivity index is 4.19. The molecule has 20 heavy (non-hydrogen) atoms. The molecule has 1 N–H and O–H groups in total. The van der Waals surface area contributed by atoms with E-state index >= 15 is 0 Å². The van der Waals surface area contributed by atoms with Gasteiger partial charge in [0.25, 0.3) is 0 Å². The van der Waals surface area contributed by atoms with Crippen LogP contribution >= 0.6 is 0 Å². The van der Waals surface area contributed by atoms with Gasteiger partial charge in [-0.15, -0.1) is 0 Å². The lowest BCUT2D eigenvalue weighted by atomic mass is 9.99. The predicted octanol–water partition coefficient (Wildman–Crippen LogP) is 1.61. The second-order valence-electron chi connectivity index (χ2n) is 4.95.